The summed E-state index contributed by atoms with van der Waals surface area (Å²) < 4.78 is 0. The standard InChI is InChI=1S/C13H17N5/c14-8-11-13(16-10-4-5-10)17-12(9-15-11)18-6-2-1-3-7-18/h9-10H,1-7H2,(H,16,17). The minimum atomic E-state index is 0.405. The summed E-state index contributed by atoms with van der Waals surface area (Å²) in [7, 11) is 0. The first-order valence-corrected chi connectivity index (χ1v) is 6.65. The minimum Gasteiger partial charge on any atom is -0.365 e. The van der Waals surface area contributed by atoms with Crippen molar-refractivity contribution < 1.29 is 0 Å². The molecule has 3 rings (SSSR count). The second-order valence-electron chi connectivity index (χ2n) is 5.00. The Morgan fingerprint density at radius 1 is 1.28 bits per heavy atom. The lowest BCUT2D eigenvalue weighted by atomic mass is 10.1. The molecule has 0 bridgehead atoms. The fraction of sp³-hybridized carbons (Fsp3) is 0.615. The molecular formula is C13H17N5. The van der Waals surface area contributed by atoms with Crippen molar-refractivity contribution in [3.63, 3.8) is 0 Å². The van der Waals surface area contributed by atoms with Gasteiger partial charge in [0.15, 0.2) is 11.5 Å². The van der Waals surface area contributed by atoms with Crippen molar-refractivity contribution in [2.75, 3.05) is 23.3 Å². The molecule has 0 amide bonds. The Balaban J connectivity index is 1.83. The number of hydrogen-bond donors (Lipinski definition) is 1. The predicted molar refractivity (Wildman–Crippen MR) is 69.5 cm³/mol. The van der Waals surface area contributed by atoms with Gasteiger partial charge in [-0.1, -0.05) is 0 Å². The molecule has 0 unspecified atom stereocenters. The highest BCUT2D eigenvalue weighted by Gasteiger charge is 2.24. The van der Waals surface area contributed by atoms with Gasteiger partial charge < -0.3 is 10.2 Å². The number of nitrogens with one attached hydrogen (secondary N) is 1. The molecule has 1 N–H and O–H groups in total. The zero-order valence-electron chi connectivity index (χ0n) is 10.4. The van der Waals surface area contributed by atoms with Gasteiger partial charge in [-0.05, 0) is 32.1 Å². The van der Waals surface area contributed by atoms with Crippen molar-refractivity contribution in [2.45, 2.75) is 38.1 Å². The van der Waals surface area contributed by atoms with E-state index in [-0.39, 0.29) is 0 Å². The van der Waals surface area contributed by atoms with Gasteiger partial charge in [-0.15, -0.1) is 0 Å². The molecule has 0 radical (unpaired) electrons. The van der Waals surface area contributed by atoms with E-state index in [0.29, 0.717) is 17.6 Å². The molecule has 2 heterocycles. The molecule has 1 aliphatic carbocycles. The lowest BCUT2D eigenvalue weighted by Crippen LogP contribution is -2.30. The summed E-state index contributed by atoms with van der Waals surface area (Å²) in [5.74, 6) is 1.56. The van der Waals surface area contributed by atoms with Crippen LogP contribution in [0.4, 0.5) is 11.6 Å². The summed E-state index contributed by atoms with van der Waals surface area (Å²) in [6.45, 7) is 2.09. The Morgan fingerprint density at radius 3 is 2.72 bits per heavy atom. The van der Waals surface area contributed by atoms with Crippen LogP contribution in [0.1, 0.15) is 37.8 Å². The van der Waals surface area contributed by atoms with Crippen LogP contribution in [0.5, 0.6) is 0 Å². The van der Waals surface area contributed by atoms with Crippen LogP contribution in [0.3, 0.4) is 0 Å². The summed E-state index contributed by atoms with van der Waals surface area (Å²) in [4.78, 5) is 11.1. The highest BCUT2D eigenvalue weighted by atomic mass is 15.2. The number of nitrogens with zero attached hydrogens (tertiary/aromatic N) is 4. The molecule has 2 fully saturated rings. The van der Waals surface area contributed by atoms with E-state index in [0.717, 1.165) is 18.9 Å². The summed E-state index contributed by atoms with van der Waals surface area (Å²) in [5, 5.41) is 12.3. The third-order valence-corrected chi connectivity index (χ3v) is 3.46. The molecule has 0 aromatic carbocycles. The fourth-order valence-corrected chi connectivity index (χ4v) is 2.26. The molecular weight excluding hydrogens is 226 g/mol. The van der Waals surface area contributed by atoms with Crippen LogP contribution in [0.2, 0.25) is 0 Å². The van der Waals surface area contributed by atoms with Gasteiger partial charge in [-0.3, -0.25) is 0 Å². The number of rotatable bonds is 3. The average molecular weight is 243 g/mol. The molecule has 0 spiro atoms. The van der Waals surface area contributed by atoms with Crippen LogP contribution in [0, 0.1) is 11.3 Å². The monoisotopic (exact) mass is 243 g/mol. The summed E-state index contributed by atoms with van der Waals surface area (Å²) in [5.41, 5.74) is 0.405. The van der Waals surface area contributed by atoms with Gasteiger partial charge in [-0.25, -0.2) is 9.97 Å². The van der Waals surface area contributed by atoms with Crippen molar-refractivity contribution in [1.29, 1.82) is 5.26 Å². The molecule has 94 valence electrons. The first-order chi connectivity index (χ1) is 8.86. The molecule has 1 saturated carbocycles. The second-order valence-corrected chi connectivity index (χ2v) is 5.00. The van der Waals surface area contributed by atoms with Gasteiger partial charge in [0.25, 0.3) is 0 Å². The molecule has 0 atom stereocenters. The lowest BCUT2D eigenvalue weighted by Gasteiger charge is -2.27. The second kappa shape index (κ2) is 4.81. The van der Waals surface area contributed by atoms with Crippen molar-refractivity contribution in [2.24, 2.45) is 0 Å². The maximum atomic E-state index is 9.05. The largest absolute Gasteiger partial charge is 0.365 e. The molecule has 1 aromatic heterocycles. The molecule has 5 nitrogen and oxygen atoms in total. The maximum Gasteiger partial charge on any atom is 0.183 e. The van der Waals surface area contributed by atoms with E-state index >= 15 is 0 Å². The highest BCUT2D eigenvalue weighted by molar-refractivity contribution is 5.54. The highest BCUT2D eigenvalue weighted by Crippen LogP contribution is 2.26. The molecule has 18 heavy (non-hydrogen) atoms. The molecule has 5 heteroatoms. The van der Waals surface area contributed by atoms with E-state index in [2.05, 4.69) is 26.3 Å². The van der Waals surface area contributed by atoms with Crippen LogP contribution < -0.4 is 10.2 Å². The van der Waals surface area contributed by atoms with Gasteiger partial charge >= 0.3 is 0 Å². The van der Waals surface area contributed by atoms with Crippen LogP contribution in [0.15, 0.2) is 6.20 Å². The molecule has 1 saturated heterocycles. The third kappa shape index (κ3) is 2.37. The van der Waals surface area contributed by atoms with Crippen molar-refractivity contribution in [1.82, 2.24) is 9.97 Å². The predicted octanol–water partition coefficient (Wildman–Crippen LogP) is 1.91. The van der Waals surface area contributed by atoms with E-state index in [1.165, 1.54) is 32.1 Å². The number of nitriles is 1. The van der Waals surface area contributed by atoms with E-state index in [4.69, 9.17) is 5.26 Å². The van der Waals surface area contributed by atoms with Crippen LogP contribution >= 0.6 is 0 Å². The SMILES string of the molecule is N#Cc1ncc(N2CCCCC2)nc1NC1CC1. The van der Waals surface area contributed by atoms with E-state index in [1.54, 1.807) is 6.20 Å². The van der Waals surface area contributed by atoms with Crippen LogP contribution in [-0.2, 0) is 0 Å². The lowest BCUT2D eigenvalue weighted by molar-refractivity contribution is 0.573. The molecule has 2 aliphatic rings. The topological polar surface area (TPSA) is 64.8 Å². The summed E-state index contributed by atoms with van der Waals surface area (Å²) in [6.07, 6.45) is 7.79. The van der Waals surface area contributed by atoms with E-state index < -0.39 is 0 Å². The van der Waals surface area contributed by atoms with Crippen LogP contribution in [0.25, 0.3) is 0 Å². The van der Waals surface area contributed by atoms with Gasteiger partial charge in [0.1, 0.15) is 11.9 Å². The summed E-state index contributed by atoms with van der Waals surface area (Å²) >= 11 is 0. The number of hydrogen-bond acceptors (Lipinski definition) is 5. The first-order valence-electron chi connectivity index (χ1n) is 6.65. The molecule has 1 aliphatic heterocycles. The van der Waals surface area contributed by atoms with Crippen molar-refractivity contribution >= 4 is 11.6 Å². The zero-order chi connectivity index (χ0) is 12.4. The first kappa shape index (κ1) is 11.3. The van der Waals surface area contributed by atoms with Crippen LogP contribution in [-0.4, -0.2) is 29.1 Å². The normalized spacial score (nSPS) is 19.4. The maximum absolute atomic E-state index is 9.05. The Labute approximate surface area is 107 Å². The Kier molecular flexibility index (Phi) is 3.01. The number of piperidine rings is 1. The van der Waals surface area contributed by atoms with Crippen molar-refractivity contribution in [3.8, 4) is 6.07 Å². The quantitative estimate of drug-likeness (QED) is 0.878. The van der Waals surface area contributed by atoms with Crippen molar-refractivity contribution in [3.05, 3.63) is 11.9 Å². The Bertz CT molecular complexity index is 469. The van der Waals surface area contributed by atoms with Gasteiger partial charge in [0.05, 0.1) is 6.20 Å². The summed E-state index contributed by atoms with van der Waals surface area (Å²) in [6, 6.07) is 2.59. The van der Waals surface area contributed by atoms with E-state index in [1.807, 2.05) is 0 Å². The van der Waals surface area contributed by atoms with Gasteiger partial charge in [0, 0.05) is 19.1 Å². The third-order valence-electron chi connectivity index (χ3n) is 3.46. The average Bonchev–Trinajstić information content (AvgIpc) is 3.24. The number of anilines is 2. The Hall–Kier alpha value is -1.83. The minimum absolute atomic E-state index is 0.405. The van der Waals surface area contributed by atoms with Gasteiger partial charge in [0.2, 0.25) is 0 Å². The Morgan fingerprint density at radius 2 is 2.06 bits per heavy atom. The smallest absolute Gasteiger partial charge is 0.183 e. The van der Waals surface area contributed by atoms with E-state index in [9.17, 15) is 0 Å². The van der Waals surface area contributed by atoms with Gasteiger partial charge in [-0.2, -0.15) is 5.26 Å². The number of aromatic nitrogens is 2. The zero-order valence-corrected chi connectivity index (χ0v) is 10.4. The molecule has 1 aromatic rings. The fourth-order valence-electron chi connectivity index (χ4n) is 2.26.